The van der Waals surface area contributed by atoms with Gasteiger partial charge in [0.2, 0.25) is 5.91 Å². The fourth-order valence-corrected chi connectivity index (χ4v) is 0.695. The van der Waals surface area contributed by atoms with E-state index in [0.717, 1.165) is 0 Å². The van der Waals surface area contributed by atoms with E-state index >= 15 is 0 Å². The van der Waals surface area contributed by atoms with Crippen LogP contribution in [0.4, 0.5) is 0 Å². The van der Waals surface area contributed by atoms with E-state index in [0.29, 0.717) is 25.8 Å². The number of aliphatic hydroxyl groups excluding tert-OH is 1. The van der Waals surface area contributed by atoms with Crippen LogP contribution in [-0.4, -0.2) is 23.7 Å². The molecule has 1 unspecified atom stereocenters. The van der Waals surface area contributed by atoms with Crippen LogP contribution < -0.4 is 5.32 Å². The first-order valence-corrected chi connectivity index (χ1v) is 4.05. The molecule has 0 saturated heterocycles. The predicted octanol–water partition coefficient (Wildman–Crippen LogP) is 0.287. The van der Waals surface area contributed by atoms with Crippen LogP contribution in [-0.2, 0) is 4.79 Å². The number of carbonyl (C=O) groups excluding carboxylic acids is 1. The van der Waals surface area contributed by atoms with Crippen molar-refractivity contribution in [2.75, 3.05) is 6.54 Å². The molecule has 0 aliphatic heterocycles. The van der Waals surface area contributed by atoms with Crippen LogP contribution in [0.2, 0.25) is 0 Å². The van der Waals surface area contributed by atoms with Gasteiger partial charge < -0.3 is 10.4 Å². The van der Waals surface area contributed by atoms with Crippen molar-refractivity contribution in [3.05, 3.63) is 0 Å². The summed E-state index contributed by atoms with van der Waals surface area (Å²) in [5.41, 5.74) is 0. The van der Waals surface area contributed by atoms with Gasteiger partial charge in [0, 0.05) is 19.4 Å². The van der Waals surface area contributed by atoms with Gasteiger partial charge in [-0.3, -0.25) is 4.79 Å². The van der Waals surface area contributed by atoms with Crippen LogP contribution in [0.15, 0.2) is 0 Å². The number of aliphatic hydroxyl groups is 1. The summed E-state index contributed by atoms with van der Waals surface area (Å²) in [6, 6.07) is 0. The average Bonchev–Trinajstić information content (AvgIpc) is 2.00. The molecule has 0 aromatic rings. The molecule has 3 heteroatoms. The average molecular weight is 169 g/mol. The molecule has 0 aromatic heterocycles. The van der Waals surface area contributed by atoms with Crippen molar-refractivity contribution < 1.29 is 9.90 Å². The molecular formula is C9H15NO2. The van der Waals surface area contributed by atoms with Gasteiger partial charge >= 0.3 is 0 Å². The van der Waals surface area contributed by atoms with Gasteiger partial charge in [0.25, 0.3) is 0 Å². The summed E-state index contributed by atoms with van der Waals surface area (Å²) in [7, 11) is 0. The standard InChI is InChI=1S/C9H15NO2/c1-3-4-5-9(12)10-7-6-8(2)11/h1,8,11H,4-7H2,2H3,(H,10,12). The van der Waals surface area contributed by atoms with Crippen LogP contribution in [0.1, 0.15) is 26.2 Å². The molecule has 2 N–H and O–H groups in total. The zero-order chi connectivity index (χ0) is 9.40. The van der Waals surface area contributed by atoms with Gasteiger partial charge in [-0.2, -0.15) is 0 Å². The fraction of sp³-hybridized carbons (Fsp3) is 0.667. The summed E-state index contributed by atoms with van der Waals surface area (Å²) in [6.45, 7) is 2.20. The van der Waals surface area contributed by atoms with Gasteiger partial charge in [-0.05, 0) is 13.3 Å². The Kier molecular flexibility index (Phi) is 6.12. The highest BCUT2D eigenvalue weighted by atomic mass is 16.3. The monoisotopic (exact) mass is 169 g/mol. The minimum atomic E-state index is -0.363. The smallest absolute Gasteiger partial charge is 0.220 e. The van der Waals surface area contributed by atoms with Crippen LogP contribution in [0.5, 0.6) is 0 Å². The van der Waals surface area contributed by atoms with E-state index in [4.69, 9.17) is 11.5 Å². The third kappa shape index (κ3) is 7.10. The second-order valence-electron chi connectivity index (χ2n) is 2.69. The Balaban J connectivity index is 3.27. The largest absolute Gasteiger partial charge is 0.393 e. The maximum atomic E-state index is 10.9. The summed E-state index contributed by atoms with van der Waals surface area (Å²) >= 11 is 0. The normalized spacial score (nSPS) is 11.8. The van der Waals surface area contributed by atoms with E-state index in [-0.39, 0.29) is 12.0 Å². The summed E-state index contributed by atoms with van der Waals surface area (Å²) in [5.74, 6) is 2.34. The molecule has 0 radical (unpaired) electrons. The maximum absolute atomic E-state index is 10.9. The van der Waals surface area contributed by atoms with Gasteiger partial charge in [0.1, 0.15) is 0 Å². The molecule has 0 saturated carbocycles. The second kappa shape index (κ2) is 6.68. The molecule has 0 rings (SSSR count). The van der Waals surface area contributed by atoms with Crippen molar-refractivity contribution >= 4 is 5.91 Å². The van der Waals surface area contributed by atoms with Gasteiger partial charge in [0.05, 0.1) is 6.10 Å². The highest BCUT2D eigenvalue weighted by Gasteiger charge is 1.99. The summed E-state index contributed by atoms with van der Waals surface area (Å²) in [5, 5.41) is 11.5. The molecule has 0 heterocycles. The molecule has 68 valence electrons. The molecule has 0 spiro atoms. The van der Waals surface area contributed by atoms with Crippen molar-refractivity contribution in [2.24, 2.45) is 0 Å². The van der Waals surface area contributed by atoms with Crippen molar-refractivity contribution in [1.29, 1.82) is 0 Å². The van der Waals surface area contributed by atoms with Gasteiger partial charge in [-0.15, -0.1) is 12.3 Å². The van der Waals surface area contributed by atoms with Crippen molar-refractivity contribution in [1.82, 2.24) is 5.32 Å². The highest BCUT2D eigenvalue weighted by molar-refractivity contribution is 5.76. The summed E-state index contributed by atoms with van der Waals surface area (Å²) in [4.78, 5) is 10.9. The molecule has 0 fully saturated rings. The summed E-state index contributed by atoms with van der Waals surface area (Å²) < 4.78 is 0. The van der Waals surface area contributed by atoms with Gasteiger partial charge in [-0.1, -0.05) is 0 Å². The van der Waals surface area contributed by atoms with Gasteiger partial charge in [-0.25, -0.2) is 0 Å². The first kappa shape index (κ1) is 11.0. The van der Waals surface area contributed by atoms with Crippen molar-refractivity contribution in [3.8, 4) is 12.3 Å². The number of amides is 1. The van der Waals surface area contributed by atoms with Crippen molar-refractivity contribution in [3.63, 3.8) is 0 Å². The Morgan fingerprint density at radius 1 is 1.75 bits per heavy atom. The van der Waals surface area contributed by atoms with E-state index in [1.165, 1.54) is 0 Å². The Morgan fingerprint density at radius 3 is 2.92 bits per heavy atom. The molecule has 0 aliphatic rings. The van der Waals surface area contributed by atoms with E-state index in [2.05, 4.69) is 11.2 Å². The van der Waals surface area contributed by atoms with E-state index < -0.39 is 0 Å². The number of hydrogen-bond acceptors (Lipinski definition) is 2. The van der Waals surface area contributed by atoms with Crippen LogP contribution in [0.25, 0.3) is 0 Å². The lowest BCUT2D eigenvalue weighted by atomic mass is 10.2. The molecular weight excluding hydrogens is 154 g/mol. The topological polar surface area (TPSA) is 49.3 Å². The molecule has 0 bridgehead atoms. The third-order valence-corrected chi connectivity index (χ3v) is 1.38. The SMILES string of the molecule is C#CCCC(=O)NCCC(C)O. The number of carbonyl (C=O) groups is 1. The minimum Gasteiger partial charge on any atom is -0.393 e. The Labute approximate surface area is 73.2 Å². The number of nitrogens with one attached hydrogen (secondary N) is 1. The molecule has 3 nitrogen and oxygen atoms in total. The molecule has 12 heavy (non-hydrogen) atoms. The van der Waals surface area contributed by atoms with Crippen LogP contribution in [0, 0.1) is 12.3 Å². The highest BCUT2D eigenvalue weighted by Crippen LogP contribution is 1.89. The van der Waals surface area contributed by atoms with Crippen LogP contribution in [0.3, 0.4) is 0 Å². The first-order valence-electron chi connectivity index (χ1n) is 4.05. The van der Waals surface area contributed by atoms with E-state index in [1.807, 2.05) is 0 Å². The zero-order valence-electron chi connectivity index (χ0n) is 7.34. The number of hydrogen-bond donors (Lipinski definition) is 2. The molecule has 1 amide bonds. The maximum Gasteiger partial charge on any atom is 0.220 e. The molecule has 0 aliphatic carbocycles. The molecule has 0 aromatic carbocycles. The predicted molar refractivity (Wildman–Crippen MR) is 47.4 cm³/mol. The lowest BCUT2D eigenvalue weighted by molar-refractivity contribution is -0.121. The zero-order valence-corrected chi connectivity index (χ0v) is 7.34. The Bertz CT molecular complexity index is 170. The Morgan fingerprint density at radius 2 is 2.42 bits per heavy atom. The lowest BCUT2D eigenvalue weighted by Crippen LogP contribution is -2.25. The Hall–Kier alpha value is -1.01. The number of rotatable bonds is 5. The third-order valence-electron chi connectivity index (χ3n) is 1.38. The minimum absolute atomic E-state index is 0.0476. The molecule has 1 atom stereocenters. The van der Waals surface area contributed by atoms with Crippen molar-refractivity contribution in [2.45, 2.75) is 32.3 Å². The quantitative estimate of drug-likeness (QED) is 0.581. The number of terminal acetylenes is 1. The summed E-state index contributed by atoms with van der Waals surface area (Å²) in [6.07, 6.45) is 6.05. The lowest BCUT2D eigenvalue weighted by Gasteiger charge is -2.05. The first-order chi connectivity index (χ1) is 5.66. The fourth-order valence-electron chi connectivity index (χ4n) is 0.695. The van der Waals surface area contributed by atoms with E-state index in [1.54, 1.807) is 6.92 Å². The van der Waals surface area contributed by atoms with Crippen LogP contribution >= 0.6 is 0 Å². The van der Waals surface area contributed by atoms with E-state index in [9.17, 15) is 4.79 Å². The second-order valence-corrected chi connectivity index (χ2v) is 2.69. The van der Waals surface area contributed by atoms with Gasteiger partial charge in [0.15, 0.2) is 0 Å².